The minimum Gasteiger partial charge on any atom is -0.325 e. The molecule has 2 heterocycles. The maximum Gasteiger partial charge on any atom is 0.234 e. The molecule has 2 aromatic heterocycles. The molecule has 132 valence electrons. The Bertz CT molecular complexity index is 907. The van der Waals surface area contributed by atoms with Gasteiger partial charge in [-0.1, -0.05) is 30.0 Å². The predicted molar refractivity (Wildman–Crippen MR) is 104 cm³/mol. The third-order valence-electron chi connectivity index (χ3n) is 3.60. The van der Waals surface area contributed by atoms with Gasteiger partial charge in [-0.25, -0.2) is 0 Å². The van der Waals surface area contributed by atoms with E-state index in [2.05, 4.69) is 27.1 Å². The van der Waals surface area contributed by atoms with E-state index in [1.165, 1.54) is 11.8 Å². The van der Waals surface area contributed by atoms with Crippen molar-refractivity contribution in [3.8, 4) is 11.4 Å². The molecular formula is C19H19N5OS. The molecule has 0 unspecified atom stereocenters. The minimum absolute atomic E-state index is 0.0841. The minimum atomic E-state index is -0.0841. The van der Waals surface area contributed by atoms with Crippen molar-refractivity contribution in [2.75, 3.05) is 11.1 Å². The molecule has 1 N–H and O–H groups in total. The second kappa shape index (κ2) is 8.44. The summed E-state index contributed by atoms with van der Waals surface area (Å²) in [6.07, 6.45) is 5.21. The highest BCUT2D eigenvalue weighted by Crippen LogP contribution is 2.24. The lowest BCUT2D eigenvalue weighted by Gasteiger charge is -2.08. The van der Waals surface area contributed by atoms with Crippen LogP contribution in [0.25, 0.3) is 11.4 Å². The average Bonchev–Trinajstić information content (AvgIpc) is 3.04. The van der Waals surface area contributed by atoms with Crippen molar-refractivity contribution in [2.24, 2.45) is 0 Å². The second-order valence-corrected chi connectivity index (χ2v) is 6.59. The van der Waals surface area contributed by atoms with Crippen LogP contribution in [0.3, 0.4) is 0 Å². The fourth-order valence-corrected chi connectivity index (χ4v) is 3.20. The van der Waals surface area contributed by atoms with Gasteiger partial charge in [0.1, 0.15) is 0 Å². The number of anilines is 1. The molecular weight excluding hydrogens is 346 g/mol. The van der Waals surface area contributed by atoms with Gasteiger partial charge in [0.25, 0.3) is 0 Å². The summed E-state index contributed by atoms with van der Waals surface area (Å²) >= 11 is 1.35. The number of aromatic nitrogens is 4. The van der Waals surface area contributed by atoms with Gasteiger partial charge in [-0.15, -0.1) is 16.8 Å². The zero-order valence-corrected chi connectivity index (χ0v) is 15.2. The molecule has 0 radical (unpaired) electrons. The topological polar surface area (TPSA) is 72.7 Å². The first-order valence-corrected chi connectivity index (χ1v) is 9.10. The molecule has 0 aliphatic heterocycles. The van der Waals surface area contributed by atoms with E-state index < -0.39 is 0 Å². The number of nitrogens with one attached hydrogen (secondary N) is 1. The first kappa shape index (κ1) is 17.9. The summed E-state index contributed by atoms with van der Waals surface area (Å²) in [5, 5.41) is 12.1. The van der Waals surface area contributed by atoms with Gasteiger partial charge in [-0.2, -0.15) is 0 Å². The number of hydrogen-bond acceptors (Lipinski definition) is 5. The predicted octanol–water partition coefficient (Wildman–Crippen LogP) is 3.57. The SMILES string of the molecule is C=CCn1c(SCC(=O)Nc2cccc(C)c2)nnc1-c1ccncc1. The summed E-state index contributed by atoms with van der Waals surface area (Å²) in [5.74, 6) is 0.896. The summed E-state index contributed by atoms with van der Waals surface area (Å²) in [7, 11) is 0. The largest absolute Gasteiger partial charge is 0.325 e. The van der Waals surface area contributed by atoms with E-state index in [1.807, 2.05) is 47.9 Å². The second-order valence-electron chi connectivity index (χ2n) is 5.65. The molecule has 3 rings (SSSR count). The zero-order valence-electron chi connectivity index (χ0n) is 14.4. The maximum absolute atomic E-state index is 12.2. The van der Waals surface area contributed by atoms with Gasteiger partial charge in [0.05, 0.1) is 5.75 Å². The third kappa shape index (κ3) is 4.37. The Hall–Kier alpha value is -2.93. The van der Waals surface area contributed by atoms with E-state index in [0.717, 1.165) is 22.6 Å². The number of nitrogens with zero attached hydrogens (tertiary/aromatic N) is 4. The Labute approximate surface area is 156 Å². The zero-order chi connectivity index (χ0) is 18.4. The van der Waals surface area contributed by atoms with Crippen LogP contribution in [0.4, 0.5) is 5.69 Å². The Balaban J connectivity index is 1.70. The van der Waals surface area contributed by atoms with Crippen LogP contribution < -0.4 is 5.32 Å². The monoisotopic (exact) mass is 365 g/mol. The van der Waals surface area contributed by atoms with Crippen LogP contribution in [0.15, 0.2) is 66.6 Å². The number of hydrogen-bond donors (Lipinski definition) is 1. The van der Waals surface area contributed by atoms with Gasteiger partial charge in [0.2, 0.25) is 5.91 Å². The molecule has 0 fully saturated rings. The summed E-state index contributed by atoms with van der Waals surface area (Å²) < 4.78 is 1.94. The number of carbonyl (C=O) groups excluding carboxylic acids is 1. The molecule has 3 aromatic rings. The number of benzene rings is 1. The van der Waals surface area contributed by atoms with Crippen molar-refractivity contribution in [3.63, 3.8) is 0 Å². The quantitative estimate of drug-likeness (QED) is 0.512. The highest BCUT2D eigenvalue weighted by atomic mass is 32.2. The Morgan fingerprint density at radius 2 is 2.08 bits per heavy atom. The van der Waals surface area contributed by atoms with Gasteiger partial charge in [0, 0.05) is 30.2 Å². The highest BCUT2D eigenvalue weighted by Gasteiger charge is 2.15. The van der Waals surface area contributed by atoms with Gasteiger partial charge in [0.15, 0.2) is 11.0 Å². The molecule has 0 atom stereocenters. The molecule has 1 amide bonds. The van der Waals surface area contributed by atoms with E-state index in [1.54, 1.807) is 18.5 Å². The Kier molecular flexibility index (Phi) is 5.80. The molecule has 0 saturated heterocycles. The maximum atomic E-state index is 12.2. The first-order valence-electron chi connectivity index (χ1n) is 8.11. The van der Waals surface area contributed by atoms with E-state index in [9.17, 15) is 4.79 Å². The van der Waals surface area contributed by atoms with Crippen LogP contribution in [-0.2, 0) is 11.3 Å². The number of amides is 1. The molecule has 1 aromatic carbocycles. The first-order chi connectivity index (χ1) is 12.7. The van der Waals surface area contributed by atoms with Crippen LogP contribution in [-0.4, -0.2) is 31.4 Å². The molecule has 7 heteroatoms. The van der Waals surface area contributed by atoms with E-state index in [4.69, 9.17) is 0 Å². The molecule has 0 bridgehead atoms. The van der Waals surface area contributed by atoms with E-state index >= 15 is 0 Å². The van der Waals surface area contributed by atoms with E-state index in [-0.39, 0.29) is 11.7 Å². The summed E-state index contributed by atoms with van der Waals surface area (Å²) in [4.78, 5) is 16.2. The molecule has 0 saturated carbocycles. The van der Waals surface area contributed by atoms with Crippen LogP contribution >= 0.6 is 11.8 Å². The van der Waals surface area contributed by atoms with Gasteiger partial charge >= 0.3 is 0 Å². The molecule has 6 nitrogen and oxygen atoms in total. The van der Waals surface area contributed by atoms with E-state index in [0.29, 0.717) is 11.7 Å². The van der Waals surface area contributed by atoms with Crippen molar-refractivity contribution in [1.29, 1.82) is 0 Å². The summed E-state index contributed by atoms with van der Waals surface area (Å²) in [5.41, 5.74) is 2.81. The van der Waals surface area contributed by atoms with Crippen LogP contribution in [0.2, 0.25) is 0 Å². The third-order valence-corrected chi connectivity index (χ3v) is 4.57. The number of allylic oxidation sites excluding steroid dienone is 1. The molecule has 0 spiro atoms. The van der Waals surface area contributed by atoms with Crippen LogP contribution in [0.5, 0.6) is 0 Å². The van der Waals surface area contributed by atoms with Crippen molar-refractivity contribution in [1.82, 2.24) is 19.7 Å². The number of aryl methyl sites for hydroxylation is 1. The van der Waals surface area contributed by atoms with Crippen molar-refractivity contribution < 1.29 is 4.79 Å². The van der Waals surface area contributed by atoms with Crippen molar-refractivity contribution in [2.45, 2.75) is 18.6 Å². The lowest BCUT2D eigenvalue weighted by molar-refractivity contribution is -0.113. The number of thioether (sulfide) groups is 1. The standard InChI is InChI=1S/C19H19N5OS/c1-3-11-24-18(15-7-9-20-10-8-15)22-23-19(24)26-13-17(25)21-16-6-4-5-14(2)12-16/h3-10,12H,1,11,13H2,2H3,(H,21,25). The van der Waals surface area contributed by atoms with Gasteiger partial charge in [-0.05, 0) is 36.8 Å². The summed E-state index contributed by atoms with van der Waals surface area (Å²) in [6, 6.07) is 11.5. The van der Waals surface area contributed by atoms with Crippen molar-refractivity contribution in [3.05, 3.63) is 67.0 Å². The van der Waals surface area contributed by atoms with Crippen molar-refractivity contribution >= 4 is 23.4 Å². The fraction of sp³-hybridized carbons (Fsp3) is 0.158. The molecule has 26 heavy (non-hydrogen) atoms. The fourth-order valence-electron chi connectivity index (χ4n) is 2.45. The van der Waals surface area contributed by atoms with Crippen LogP contribution in [0.1, 0.15) is 5.56 Å². The smallest absolute Gasteiger partial charge is 0.234 e. The molecule has 0 aliphatic carbocycles. The van der Waals surface area contributed by atoms with Crippen LogP contribution in [0, 0.1) is 6.92 Å². The lowest BCUT2D eigenvalue weighted by Crippen LogP contribution is -2.14. The van der Waals surface area contributed by atoms with Gasteiger partial charge in [-0.3, -0.25) is 14.3 Å². The van der Waals surface area contributed by atoms with Gasteiger partial charge < -0.3 is 5.32 Å². The Morgan fingerprint density at radius 1 is 1.27 bits per heavy atom. The number of carbonyl (C=O) groups is 1. The number of pyridine rings is 1. The average molecular weight is 365 g/mol. The number of rotatable bonds is 7. The Morgan fingerprint density at radius 3 is 2.81 bits per heavy atom. The normalized spacial score (nSPS) is 10.5. The lowest BCUT2D eigenvalue weighted by atomic mass is 10.2. The highest BCUT2D eigenvalue weighted by molar-refractivity contribution is 7.99. The molecule has 0 aliphatic rings. The summed E-state index contributed by atoms with van der Waals surface area (Å²) in [6.45, 7) is 6.34.